The van der Waals surface area contributed by atoms with Gasteiger partial charge in [0.1, 0.15) is 0 Å². The highest BCUT2D eigenvalue weighted by Gasteiger charge is 2.35. The number of thiophene rings is 2. The summed E-state index contributed by atoms with van der Waals surface area (Å²) in [6, 6.07) is 11.0. The zero-order valence-corrected chi connectivity index (χ0v) is 19.6. The van der Waals surface area contributed by atoms with Crippen LogP contribution in [0.25, 0.3) is 0 Å². The SMILES string of the molecule is Cc1ccc(S(=O)(=O)N(C)CC(=O)N2CCc3sccc3C2c2cccs2)cc1C. The van der Waals surface area contributed by atoms with E-state index in [-0.39, 0.29) is 23.4 Å². The van der Waals surface area contributed by atoms with Crippen molar-refractivity contribution in [1.29, 1.82) is 0 Å². The number of sulfonamides is 1. The Morgan fingerprint density at radius 1 is 1.13 bits per heavy atom. The number of benzene rings is 1. The normalized spacial score (nSPS) is 16.7. The van der Waals surface area contributed by atoms with Crippen LogP contribution in [0, 0.1) is 13.8 Å². The standard InChI is InChI=1S/C22H24N2O3S3/c1-15-6-7-17(13-16(15)2)30(26,27)23(3)14-21(25)24-10-8-19-18(9-12-29-19)22(24)20-5-4-11-28-20/h4-7,9,11-13,22H,8,10,14H2,1-3H3. The van der Waals surface area contributed by atoms with Crippen LogP contribution in [0.4, 0.5) is 0 Å². The van der Waals surface area contributed by atoms with Gasteiger partial charge in [-0.2, -0.15) is 4.31 Å². The van der Waals surface area contributed by atoms with E-state index in [1.807, 2.05) is 36.3 Å². The van der Waals surface area contributed by atoms with Crippen LogP contribution >= 0.6 is 22.7 Å². The molecule has 3 aromatic rings. The lowest BCUT2D eigenvalue weighted by Gasteiger charge is -2.36. The summed E-state index contributed by atoms with van der Waals surface area (Å²) in [5.41, 5.74) is 3.10. The molecule has 0 N–H and O–H groups in total. The predicted molar refractivity (Wildman–Crippen MR) is 122 cm³/mol. The third kappa shape index (κ3) is 3.85. The van der Waals surface area contributed by atoms with E-state index < -0.39 is 10.0 Å². The largest absolute Gasteiger partial charge is 0.329 e. The van der Waals surface area contributed by atoms with E-state index in [0.717, 1.165) is 32.3 Å². The number of likely N-dealkylation sites (N-methyl/N-ethyl adjacent to an activating group) is 1. The maximum absolute atomic E-state index is 13.3. The fraction of sp³-hybridized carbons (Fsp3) is 0.318. The number of rotatable bonds is 5. The van der Waals surface area contributed by atoms with Gasteiger partial charge in [0, 0.05) is 23.3 Å². The first-order valence-electron chi connectivity index (χ1n) is 9.72. The third-order valence-electron chi connectivity index (χ3n) is 5.64. The molecule has 5 nitrogen and oxygen atoms in total. The molecule has 1 aliphatic rings. The number of carbonyl (C=O) groups excluding carboxylic acids is 1. The number of nitrogens with zero attached hydrogens (tertiary/aromatic N) is 2. The lowest BCUT2D eigenvalue weighted by molar-refractivity contribution is -0.133. The number of hydrogen-bond donors (Lipinski definition) is 0. The van der Waals surface area contributed by atoms with Crippen molar-refractivity contribution >= 4 is 38.6 Å². The van der Waals surface area contributed by atoms with Crippen LogP contribution in [-0.2, 0) is 21.2 Å². The van der Waals surface area contributed by atoms with Gasteiger partial charge in [-0.1, -0.05) is 12.1 Å². The van der Waals surface area contributed by atoms with Gasteiger partial charge in [-0.25, -0.2) is 8.42 Å². The third-order valence-corrected chi connectivity index (χ3v) is 9.36. The summed E-state index contributed by atoms with van der Waals surface area (Å²) in [6.07, 6.45) is 0.800. The number of amides is 1. The van der Waals surface area contributed by atoms with E-state index in [9.17, 15) is 13.2 Å². The fourth-order valence-electron chi connectivity index (χ4n) is 3.76. The lowest BCUT2D eigenvalue weighted by atomic mass is 9.98. The molecule has 2 aromatic heterocycles. The Morgan fingerprint density at radius 3 is 2.63 bits per heavy atom. The Morgan fingerprint density at radius 2 is 1.93 bits per heavy atom. The number of hydrogen-bond acceptors (Lipinski definition) is 5. The highest BCUT2D eigenvalue weighted by molar-refractivity contribution is 7.89. The van der Waals surface area contributed by atoms with Crippen LogP contribution in [0.15, 0.2) is 52.1 Å². The molecule has 1 aromatic carbocycles. The molecule has 0 saturated carbocycles. The second kappa shape index (κ2) is 8.26. The average Bonchev–Trinajstić information content (AvgIpc) is 3.40. The summed E-state index contributed by atoms with van der Waals surface area (Å²) in [5, 5.41) is 4.07. The lowest BCUT2D eigenvalue weighted by Crippen LogP contribution is -2.45. The molecule has 1 unspecified atom stereocenters. The van der Waals surface area contributed by atoms with Crippen LogP contribution in [0.2, 0.25) is 0 Å². The van der Waals surface area contributed by atoms with E-state index in [2.05, 4.69) is 11.4 Å². The highest BCUT2D eigenvalue weighted by Crippen LogP contribution is 2.39. The van der Waals surface area contributed by atoms with Gasteiger partial charge in [0.15, 0.2) is 0 Å². The zero-order valence-electron chi connectivity index (χ0n) is 17.2. The second-order valence-corrected chi connectivity index (χ2v) is 11.6. The molecule has 4 rings (SSSR count). The summed E-state index contributed by atoms with van der Waals surface area (Å²) in [7, 11) is -2.27. The first-order chi connectivity index (χ1) is 14.3. The summed E-state index contributed by atoms with van der Waals surface area (Å²) in [4.78, 5) is 17.7. The zero-order chi connectivity index (χ0) is 21.5. The van der Waals surface area contributed by atoms with Crippen molar-refractivity contribution in [3.63, 3.8) is 0 Å². The Kier molecular flexibility index (Phi) is 5.85. The summed E-state index contributed by atoms with van der Waals surface area (Å²) in [6.45, 7) is 4.24. The molecule has 0 saturated heterocycles. The number of carbonyl (C=O) groups is 1. The van der Waals surface area contributed by atoms with Gasteiger partial charge in [0.25, 0.3) is 0 Å². The maximum Gasteiger partial charge on any atom is 0.243 e. The molecule has 0 spiro atoms. The van der Waals surface area contributed by atoms with Crippen molar-refractivity contribution in [3.8, 4) is 0 Å². The van der Waals surface area contributed by atoms with Crippen molar-refractivity contribution in [2.24, 2.45) is 0 Å². The minimum atomic E-state index is -3.74. The number of aryl methyl sites for hydroxylation is 2. The van der Waals surface area contributed by atoms with Crippen molar-refractivity contribution < 1.29 is 13.2 Å². The molecule has 8 heteroatoms. The Hall–Kier alpha value is -2.00. The van der Waals surface area contributed by atoms with Crippen LogP contribution in [0.1, 0.15) is 32.5 Å². The van der Waals surface area contributed by atoms with Crippen molar-refractivity contribution in [1.82, 2.24) is 9.21 Å². The first kappa shape index (κ1) is 21.2. The molecular formula is C22H24N2O3S3. The topological polar surface area (TPSA) is 57.7 Å². The van der Waals surface area contributed by atoms with Crippen molar-refractivity contribution in [2.45, 2.75) is 31.2 Å². The van der Waals surface area contributed by atoms with Gasteiger partial charge in [-0.15, -0.1) is 22.7 Å². The quantitative estimate of drug-likeness (QED) is 0.573. The van der Waals surface area contributed by atoms with E-state index in [1.54, 1.807) is 40.9 Å². The minimum absolute atomic E-state index is 0.148. The molecule has 30 heavy (non-hydrogen) atoms. The molecular weight excluding hydrogens is 436 g/mol. The Balaban J connectivity index is 1.59. The minimum Gasteiger partial charge on any atom is -0.329 e. The summed E-state index contributed by atoms with van der Waals surface area (Å²) >= 11 is 3.34. The van der Waals surface area contributed by atoms with Crippen LogP contribution < -0.4 is 0 Å². The Labute approximate surface area is 185 Å². The summed E-state index contributed by atoms with van der Waals surface area (Å²) < 4.78 is 27.2. The van der Waals surface area contributed by atoms with Gasteiger partial charge in [0.2, 0.25) is 15.9 Å². The predicted octanol–water partition coefficient (Wildman–Crippen LogP) is 4.22. The van der Waals surface area contributed by atoms with Crippen LogP contribution in [-0.4, -0.2) is 43.7 Å². The smallest absolute Gasteiger partial charge is 0.243 e. The Bertz CT molecular complexity index is 1170. The number of fused-ring (bicyclic) bond motifs is 1. The molecule has 0 radical (unpaired) electrons. The van der Waals surface area contributed by atoms with Crippen molar-refractivity contribution in [3.05, 3.63) is 73.6 Å². The van der Waals surface area contributed by atoms with E-state index in [4.69, 9.17) is 0 Å². The van der Waals surface area contributed by atoms with Gasteiger partial charge in [-0.05, 0) is 72.0 Å². The molecule has 0 fully saturated rings. The molecule has 158 valence electrons. The molecule has 0 bridgehead atoms. The van der Waals surface area contributed by atoms with Crippen LogP contribution in [0.5, 0.6) is 0 Å². The van der Waals surface area contributed by atoms with Gasteiger partial charge < -0.3 is 4.90 Å². The van der Waals surface area contributed by atoms with Gasteiger partial charge >= 0.3 is 0 Å². The maximum atomic E-state index is 13.3. The van der Waals surface area contributed by atoms with E-state index in [1.165, 1.54) is 11.9 Å². The van der Waals surface area contributed by atoms with E-state index in [0.29, 0.717) is 6.54 Å². The summed E-state index contributed by atoms with van der Waals surface area (Å²) in [5.74, 6) is -0.180. The molecule has 0 aliphatic carbocycles. The first-order valence-corrected chi connectivity index (χ1v) is 12.9. The molecule has 1 aliphatic heterocycles. The molecule has 1 amide bonds. The monoisotopic (exact) mass is 460 g/mol. The highest BCUT2D eigenvalue weighted by atomic mass is 32.2. The van der Waals surface area contributed by atoms with Crippen LogP contribution in [0.3, 0.4) is 0 Å². The fourth-order valence-corrected chi connectivity index (χ4v) is 6.72. The average molecular weight is 461 g/mol. The second-order valence-electron chi connectivity index (χ2n) is 7.56. The van der Waals surface area contributed by atoms with Crippen molar-refractivity contribution in [2.75, 3.05) is 20.1 Å². The van der Waals surface area contributed by atoms with E-state index >= 15 is 0 Å². The van der Waals surface area contributed by atoms with Gasteiger partial charge in [-0.3, -0.25) is 4.79 Å². The van der Waals surface area contributed by atoms with Gasteiger partial charge in [0.05, 0.1) is 17.5 Å². The molecule has 3 heterocycles. The molecule has 1 atom stereocenters.